The molecule has 46 heavy (non-hydrogen) atoms. The molecule has 0 fully saturated rings. The second-order valence-corrected chi connectivity index (χ2v) is 13.7. The van der Waals surface area contributed by atoms with Crippen molar-refractivity contribution in [1.29, 1.82) is 0 Å². The molecule has 0 aliphatic carbocycles. The fourth-order valence-corrected chi connectivity index (χ4v) is 5.74. The summed E-state index contributed by atoms with van der Waals surface area (Å²) >= 11 is 0.969. The first-order valence-corrected chi connectivity index (χ1v) is 15.3. The Labute approximate surface area is 272 Å². The number of rotatable bonds is 6. The van der Waals surface area contributed by atoms with Crippen molar-refractivity contribution in [1.82, 2.24) is 9.91 Å². The van der Waals surface area contributed by atoms with Crippen molar-refractivity contribution < 1.29 is 28.8 Å². The largest absolute Gasteiger partial charge is 0.443 e. The number of hydrazone groups is 1. The Balaban J connectivity index is 1.92. The topological polar surface area (TPSA) is 135 Å². The van der Waals surface area contributed by atoms with Crippen LogP contribution in [0.1, 0.15) is 52.7 Å². The molecular weight excluding hydrogens is 610 g/mol. The summed E-state index contributed by atoms with van der Waals surface area (Å²) in [7, 11) is 1.78. The third kappa shape index (κ3) is 7.65. The molecule has 3 aromatic rings. The summed E-state index contributed by atoms with van der Waals surface area (Å²) in [6.07, 6.45) is -1.97. The molecule has 1 aliphatic rings. The van der Waals surface area contributed by atoms with E-state index in [0.29, 0.717) is 17.3 Å². The molecule has 1 unspecified atom stereocenters. The van der Waals surface area contributed by atoms with E-state index >= 15 is 4.79 Å². The first-order chi connectivity index (χ1) is 21.5. The summed E-state index contributed by atoms with van der Waals surface area (Å²) in [5, 5.41) is 17.3. The normalized spacial score (nSPS) is 16.3. The third-order valence-corrected chi connectivity index (χ3v) is 7.89. The molecule has 3 amide bonds. The number of benzene rings is 3. The van der Waals surface area contributed by atoms with Gasteiger partial charge >= 0.3 is 12.2 Å². The van der Waals surface area contributed by atoms with Crippen molar-refractivity contribution in [2.75, 3.05) is 11.9 Å². The Morgan fingerprint density at radius 1 is 0.870 bits per heavy atom. The smallest absolute Gasteiger partial charge is 0.433 e. The molecule has 0 bridgehead atoms. The van der Waals surface area contributed by atoms with Crippen LogP contribution in [-0.2, 0) is 25.7 Å². The van der Waals surface area contributed by atoms with Gasteiger partial charge in [-0.15, -0.1) is 5.10 Å². The van der Waals surface area contributed by atoms with Gasteiger partial charge in [0.05, 0.1) is 10.6 Å². The molecule has 1 aliphatic heterocycles. The molecule has 1 heterocycles. The number of amides is 3. The van der Waals surface area contributed by atoms with Crippen LogP contribution in [0.15, 0.2) is 90.0 Å². The molecule has 4 rings (SSSR count). The highest BCUT2D eigenvalue weighted by atomic mass is 32.2. The summed E-state index contributed by atoms with van der Waals surface area (Å²) in [5.41, 5.74) is -0.917. The summed E-state index contributed by atoms with van der Waals surface area (Å²) in [6.45, 7) is 10.4. The lowest BCUT2D eigenvalue weighted by Gasteiger charge is -2.38. The number of nitro groups is 1. The molecule has 3 aromatic carbocycles. The van der Waals surface area contributed by atoms with Gasteiger partial charge in [0, 0.05) is 31.3 Å². The Hall–Kier alpha value is -4.91. The average Bonchev–Trinajstić information content (AvgIpc) is 3.39. The van der Waals surface area contributed by atoms with Gasteiger partial charge in [0.1, 0.15) is 11.2 Å². The molecule has 0 saturated carbocycles. The lowest BCUT2D eigenvalue weighted by Crippen LogP contribution is -2.57. The molecule has 0 aromatic heterocycles. The Kier molecular flexibility index (Phi) is 9.76. The summed E-state index contributed by atoms with van der Waals surface area (Å²) < 4.78 is 11.4. The second kappa shape index (κ2) is 13.2. The van der Waals surface area contributed by atoms with Crippen molar-refractivity contribution in [3.63, 3.8) is 0 Å². The van der Waals surface area contributed by atoms with Crippen molar-refractivity contribution in [2.24, 2.45) is 5.10 Å². The minimum atomic E-state index is -2.00. The summed E-state index contributed by atoms with van der Waals surface area (Å²) in [5.74, 6) is -0.899. The van der Waals surface area contributed by atoms with Gasteiger partial charge in [-0.3, -0.25) is 14.9 Å². The van der Waals surface area contributed by atoms with Crippen molar-refractivity contribution in [3.05, 3.63) is 106 Å². The number of carbonyl (C=O) groups is 3. The molecular formula is C33H37N5O7S. The molecule has 0 saturated heterocycles. The van der Waals surface area contributed by atoms with E-state index in [0.717, 1.165) is 27.2 Å². The van der Waals surface area contributed by atoms with E-state index in [2.05, 4.69) is 5.10 Å². The second-order valence-electron chi connectivity index (χ2n) is 12.5. The van der Waals surface area contributed by atoms with Crippen LogP contribution in [0.5, 0.6) is 0 Å². The summed E-state index contributed by atoms with van der Waals surface area (Å²) in [6, 6.07) is 23.0. The van der Waals surface area contributed by atoms with Gasteiger partial charge in [0.15, 0.2) is 5.17 Å². The van der Waals surface area contributed by atoms with Gasteiger partial charge < -0.3 is 14.4 Å². The van der Waals surface area contributed by atoms with Crippen LogP contribution < -0.4 is 4.90 Å². The van der Waals surface area contributed by atoms with Crippen LogP contribution in [-0.4, -0.2) is 56.3 Å². The zero-order valence-electron chi connectivity index (χ0n) is 26.8. The number of hydrogen-bond acceptors (Lipinski definition) is 10. The minimum Gasteiger partial charge on any atom is -0.443 e. The highest BCUT2D eigenvalue weighted by Crippen LogP contribution is 2.49. The number of thioether (sulfide) groups is 1. The maximum atomic E-state index is 15.2. The van der Waals surface area contributed by atoms with Gasteiger partial charge in [0.25, 0.3) is 11.6 Å². The predicted molar refractivity (Wildman–Crippen MR) is 176 cm³/mol. The average molecular weight is 648 g/mol. The minimum absolute atomic E-state index is 0.00372. The van der Waals surface area contributed by atoms with Crippen LogP contribution in [0.4, 0.5) is 21.0 Å². The quantitative estimate of drug-likeness (QED) is 0.203. The highest BCUT2D eigenvalue weighted by Gasteiger charge is 2.59. The van der Waals surface area contributed by atoms with E-state index < -0.39 is 39.1 Å². The number of amidine groups is 1. The van der Waals surface area contributed by atoms with Crippen molar-refractivity contribution in [2.45, 2.75) is 64.2 Å². The van der Waals surface area contributed by atoms with Gasteiger partial charge in [-0.1, -0.05) is 60.7 Å². The monoisotopic (exact) mass is 647 g/mol. The highest BCUT2D eigenvalue weighted by molar-refractivity contribution is 8.15. The number of non-ortho nitro benzene ring substituents is 1. The van der Waals surface area contributed by atoms with E-state index in [9.17, 15) is 19.7 Å². The SMILES string of the molecule is CN(Cc1ccccc1)C1=NN(C(=O)OC(C)(C)C)C(C(=O)N(C(=O)OC(C)(C)C)c2ccc([N+](=O)[O-])cc2)(c2ccccc2)S1. The Bertz CT molecular complexity index is 1620. The Morgan fingerprint density at radius 3 is 1.93 bits per heavy atom. The predicted octanol–water partition coefficient (Wildman–Crippen LogP) is 7.10. The van der Waals surface area contributed by atoms with Crippen LogP contribution in [0, 0.1) is 10.1 Å². The zero-order valence-corrected chi connectivity index (χ0v) is 27.6. The molecule has 1 atom stereocenters. The number of nitro benzene ring substituents is 1. The lowest BCUT2D eigenvalue weighted by molar-refractivity contribution is -0.384. The fourth-order valence-electron chi connectivity index (χ4n) is 4.50. The summed E-state index contributed by atoms with van der Waals surface area (Å²) in [4.78, 5) is 54.4. The molecule has 12 nitrogen and oxygen atoms in total. The zero-order chi connectivity index (χ0) is 33.9. The number of carbonyl (C=O) groups excluding carboxylic acids is 3. The molecule has 13 heteroatoms. The van der Waals surface area contributed by atoms with Crippen molar-refractivity contribution in [3.8, 4) is 0 Å². The maximum Gasteiger partial charge on any atom is 0.433 e. The van der Waals surface area contributed by atoms with E-state index in [1.165, 1.54) is 24.3 Å². The van der Waals surface area contributed by atoms with Crippen LogP contribution in [0.25, 0.3) is 0 Å². The third-order valence-electron chi connectivity index (χ3n) is 6.43. The molecule has 242 valence electrons. The van der Waals surface area contributed by atoms with Gasteiger partial charge in [0.2, 0.25) is 4.87 Å². The van der Waals surface area contributed by atoms with E-state index in [1.54, 1.807) is 83.8 Å². The van der Waals surface area contributed by atoms with Crippen LogP contribution >= 0.6 is 11.8 Å². The maximum absolute atomic E-state index is 15.2. The van der Waals surface area contributed by atoms with E-state index in [1.807, 2.05) is 30.3 Å². The van der Waals surface area contributed by atoms with E-state index in [-0.39, 0.29) is 11.4 Å². The first-order valence-electron chi connectivity index (χ1n) is 14.5. The Morgan fingerprint density at radius 2 is 1.41 bits per heavy atom. The number of imide groups is 1. The van der Waals surface area contributed by atoms with Crippen LogP contribution in [0.2, 0.25) is 0 Å². The number of nitrogens with zero attached hydrogens (tertiary/aromatic N) is 5. The van der Waals surface area contributed by atoms with E-state index in [4.69, 9.17) is 9.47 Å². The number of hydrogen-bond donors (Lipinski definition) is 0. The first kappa shape index (κ1) is 34.0. The molecule has 0 N–H and O–H groups in total. The van der Waals surface area contributed by atoms with Crippen LogP contribution in [0.3, 0.4) is 0 Å². The fraction of sp³-hybridized carbons (Fsp3) is 0.333. The molecule has 0 radical (unpaired) electrons. The number of ether oxygens (including phenoxy) is 2. The van der Waals surface area contributed by atoms with Gasteiger partial charge in [-0.2, -0.15) is 5.01 Å². The lowest BCUT2D eigenvalue weighted by atomic mass is 10.0. The van der Waals surface area contributed by atoms with Gasteiger partial charge in [-0.25, -0.2) is 14.5 Å². The van der Waals surface area contributed by atoms with Crippen molar-refractivity contribution >= 4 is 46.4 Å². The van der Waals surface area contributed by atoms with Gasteiger partial charge in [-0.05, 0) is 71.0 Å². The standard InChI is InChI=1S/C33H37N5O7S/c1-31(2,3)44-29(40)36(25-18-20-26(21-19-25)38(42)43)27(39)33(24-16-12-9-13-17-24)37(30(41)45-32(4,5)6)34-28(46-33)35(7)22-23-14-10-8-11-15-23/h8-21H,22H2,1-7H3. The number of anilines is 1. The molecule has 0 spiro atoms.